The molecular weight excluding hydrogens is 238 g/mol. The van der Waals surface area contributed by atoms with Crippen molar-refractivity contribution < 1.29 is 9.53 Å². The van der Waals surface area contributed by atoms with Crippen molar-refractivity contribution in [1.29, 1.82) is 0 Å². The minimum atomic E-state index is 0.188. The van der Waals surface area contributed by atoms with Crippen LogP contribution >= 0.6 is 0 Å². The molecule has 19 heavy (non-hydrogen) atoms. The molecule has 0 spiro atoms. The van der Waals surface area contributed by atoms with Crippen LogP contribution in [0.15, 0.2) is 0 Å². The zero-order valence-corrected chi connectivity index (χ0v) is 13.6. The average molecular weight is 271 g/mol. The summed E-state index contributed by atoms with van der Waals surface area (Å²) in [4.78, 5) is 13.7. The van der Waals surface area contributed by atoms with E-state index in [1.54, 1.807) is 6.92 Å². The molecule has 1 atom stereocenters. The Bertz CT molecular complexity index is 229. The van der Waals surface area contributed by atoms with Gasteiger partial charge in [-0.05, 0) is 33.6 Å². The van der Waals surface area contributed by atoms with Crippen LogP contribution in [0.1, 0.15) is 73.1 Å². The lowest BCUT2D eigenvalue weighted by atomic mass is 10.1. The predicted octanol–water partition coefficient (Wildman–Crippen LogP) is 4.01. The van der Waals surface area contributed by atoms with Crippen molar-refractivity contribution in [3.63, 3.8) is 0 Å². The molecule has 0 fully saturated rings. The molecule has 0 radical (unpaired) electrons. The summed E-state index contributed by atoms with van der Waals surface area (Å²) in [5, 5.41) is 0. The van der Waals surface area contributed by atoms with Crippen LogP contribution in [-0.2, 0) is 9.53 Å². The van der Waals surface area contributed by atoms with Crippen molar-refractivity contribution in [2.75, 3.05) is 13.2 Å². The summed E-state index contributed by atoms with van der Waals surface area (Å²) >= 11 is 0. The number of nitrogens with zero attached hydrogens (tertiary/aromatic N) is 1. The van der Waals surface area contributed by atoms with E-state index in [-0.39, 0.29) is 12.0 Å². The highest BCUT2D eigenvalue weighted by Crippen LogP contribution is 2.11. The Hall–Kier alpha value is -0.570. The summed E-state index contributed by atoms with van der Waals surface area (Å²) in [6, 6.07) is 0.355. The topological polar surface area (TPSA) is 29.5 Å². The van der Waals surface area contributed by atoms with Crippen LogP contribution < -0.4 is 0 Å². The largest absolute Gasteiger partial charge is 0.379 e. The third-order valence-corrected chi connectivity index (χ3v) is 3.41. The Labute approximate surface area is 119 Å². The smallest absolute Gasteiger partial charge is 0.219 e. The normalized spacial score (nSPS) is 12.7. The Morgan fingerprint density at radius 2 is 1.79 bits per heavy atom. The van der Waals surface area contributed by atoms with Gasteiger partial charge in [0.05, 0.1) is 6.10 Å². The first kappa shape index (κ1) is 18.4. The summed E-state index contributed by atoms with van der Waals surface area (Å²) < 4.78 is 5.53. The third kappa shape index (κ3) is 9.94. The van der Waals surface area contributed by atoms with Gasteiger partial charge >= 0.3 is 0 Å². The van der Waals surface area contributed by atoms with Gasteiger partial charge in [0, 0.05) is 26.1 Å². The fraction of sp³-hybridized carbons (Fsp3) is 0.938. The molecule has 0 aliphatic carbocycles. The summed E-state index contributed by atoms with van der Waals surface area (Å²) in [5.74, 6) is 0.188. The molecule has 0 N–H and O–H groups in total. The molecular formula is C16H33NO2. The van der Waals surface area contributed by atoms with E-state index in [1.165, 1.54) is 25.7 Å². The van der Waals surface area contributed by atoms with Gasteiger partial charge in [-0.2, -0.15) is 0 Å². The van der Waals surface area contributed by atoms with Gasteiger partial charge in [0.15, 0.2) is 0 Å². The maximum Gasteiger partial charge on any atom is 0.219 e. The molecule has 0 heterocycles. The number of ether oxygens (including phenoxy) is 1. The number of amides is 1. The molecule has 3 nitrogen and oxygen atoms in total. The van der Waals surface area contributed by atoms with Gasteiger partial charge < -0.3 is 9.64 Å². The van der Waals surface area contributed by atoms with Gasteiger partial charge in [-0.3, -0.25) is 4.79 Å². The second-order valence-corrected chi connectivity index (χ2v) is 5.68. The van der Waals surface area contributed by atoms with Crippen molar-refractivity contribution in [1.82, 2.24) is 4.90 Å². The molecule has 1 unspecified atom stereocenters. The van der Waals surface area contributed by atoms with Crippen LogP contribution in [0.5, 0.6) is 0 Å². The van der Waals surface area contributed by atoms with Crippen molar-refractivity contribution >= 4 is 5.91 Å². The maximum absolute atomic E-state index is 11.7. The molecule has 0 aromatic rings. The number of carbonyl (C=O) groups is 1. The number of hydrogen-bond acceptors (Lipinski definition) is 2. The van der Waals surface area contributed by atoms with E-state index >= 15 is 0 Å². The van der Waals surface area contributed by atoms with Gasteiger partial charge in [-0.25, -0.2) is 0 Å². The van der Waals surface area contributed by atoms with E-state index in [4.69, 9.17) is 4.74 Å². The maximum atomic E-state index is 11.7. The highest BCUT2D eigenvalue weighted by Gasteiger charge is 2.15. The number of carbonyl (C=O) groups excluding carboxylic acids is 1. The number of hydrogen-bond donors (Lipinski definition) is 0. The van der Waals surface area contributed by atoms with Crippen molar-refractivity contribution in [2.45, 2.75) is 85.3 Å². The molecule has 1 amide bonds. The SMILES string of the molecule is CCCCCCC(C)N(CCCOC(C)C)C(C)=O. The van der Waals surface area contributed by atoms with Gasteiger partial charge in [0.25, 0.3) is 0 Å². The Balaban J connectivity index is 3.91. The zero-order valence-electron chi connectivity index (χ0n) is 13.6. The summed E-state index contributed by atoms with van der Waals surface area (Å²) in [5.41, 5.74) is 0. The second kappa shape index (κ2) is 11.3. The van der Waals surface area contributed by atoms with Gasteiger partial charge in [0.1, 0.15) is 0 Å². The predicted molar refractivity (Wildman–Crippen MR) is 81.3 cm³/mol. The highest BCUT2D eigenvalue weighted by molar-refractivity contribution is 5.73. The first-order chi connectivity index (χ1) is 8.99. The lowest BCUT2D eigenvalue weighted by Gasteiger charge is -2.28. The first-order valence-electron chi connectivity index (χ1n) is 7.87. The molecule has 0 aromatic carbocycles. The Kier molecular flexibility index (Phi) is 10.9. The lowest BCUT2D eigenvalue weighted by Crippen LogP contribution is -2.38. The molecule has 0 aliphatic heterocycles. The summed E-state index contributed by atoms with van der Waals surface area (Å²) in [7, 11) is 0. The van der Waals surface area contributed by atoms with E-state index in [0.29, 0.717) is 6.04 Å². The van der Waals surface area contributed by atoms with E-state index in [9.17, 15) is 4.79 Å². The van der Waals surface area contributed by atoms with E-state index in [0.717, 1.165) is 26.0 Å². The van der Waals surface area contributed by atoms with Crippen LogP contribution in [0.25, 0.3) is 0 Å². The average Bonchev–Trinajstić information content (AvgIpc) is 2.33. The standard InChI is InChI=1S/C16H33NO2/c1-6-7-8-9-11-15(4)17(16(5)18)12-10-13-19-14(2)3/h14-15H,6-13H2,1-5H3. The minimum absolute atomic E-state index is 0.188. The van der Waals surface area contributed by atoms with E-state index in [1.807, 2.05) is 18.7 Å². The lowest BCUT2D eigenvalue weighted by molar-refractivity contribution is -0.131. The molecule has 0 bridgehead atoms. The monoisotopic (exact) mass is 271 g/mol. The highest BCUT2D eigenvalue weighted by atomic mass is 16.5. The van der Waals surface area contributed by atoms with Crippen molar-refractivity contribution in [2.24, 2.45) is 0 Å². The van der Waals surface area contributed by atoms with Crippen LogP contribution in [0.4, 0.5) is 0 Å². The molecule has 0 saturated carbocycles. The molecule has 0 rings (SSSR count). The molecule has 0 aliphatic rings. The van der Waals surface area contributed by atoms with Crippen LogP contribution in [0, 0.1) is 0 Å². The fourth-order valence-corrected chi connectivity index (χ4v) is 2.26. The third-order valence-electron chi connectivity index (χ3n) is 3.41. The van der Waals surface area contributed by atoms with E-state index in [2.05, 4.69) is 13.8 Å². The minimum Gasteiger partial charge on any atom is -0.379 e. The van der Waals surface area contributed by atoms with Crippen molar-refractivity contribution in [3.05, 3.63) is 0 Å². The molecule has 0 aromatic heterocycles. The summed E-state index contributed by atoms with van der Waals surface area (Å²) in [6.45, 7) is 11.7. The Morgan fingerprint density at radius 1 is 1.11 bits per heavy atom. The van der Waals surface area contributed by atoms with Crippen LogP contribution in [-0.4, -0.2) is 36.1 Å². The molecule has 0 saturated heterocycles. The van der Waals surface area contributed by atoms with Gasteiger partial charge in [0.2, 0.25) is 5.91 Å². The Morgan fingerprint density at radius 3 is 2.32 bits per heavy atom. The molecule has 114 valence electrons. The van der Waals surface area contributed by atoms with Gasteiger partial charge in [-0.1, -0.05) is 32.6 Å². The van der Waals surface area contributed by atoms with Crippen molar-refractivity contribution in [3.8, 4) is 0 Å². The van der Waals surface area contributed by atoms with Crippen LogP contribution in [0.2, 0.25) is 0 Å². The molecule has 3 heteroatoms. The fourth-order valence-electron chi connectivity index (χ4n) is 2.26. The summed E-state index contributed by atoms with van der Waals surface area (Å²) in [6.07, 6.45) is 7.38. The van der Waals surface area contributed by atoms with E-state index < -0.39 is 0 Å². The quantitative estimate of drug-likeness (QED) is 0.531. The second-order valence-electron chi connectivity index (χ2n) is 5.68. The zero-order chi connectivity index (χ0) is 14.7. The van der Waals surface area contributed by atoms with Crippen LogP contribution in [0.3, 0.4) is 0 Å². The first-order valence-corrected chi connectivity index (χ1v) is 7.87. The number of rotatable bonds is 11. The number of unbranched alkanes of at least 4 members (excludes halogenated alkanes) is 3. The van der Waals surface area contributed by atoms with Gasteiger partial charge in [-0.15, -0.1) is 0 Å².